The molecular formula is C34H40N10O4S. The van der Waals surface area contributed by atoms with E-state index in [1.165, 1.54) is 16.2 Å². The van der Waals surface area contributed by atoms with E-state index in [4.69, 9.17) is 29.7 Å². The number of aryl methyl sites for hydroxylation is 1. The fourth-order valence-electron chi connectivity index (χ4n) is 8.04. The largest absolute Gasteiger partial charge is 0.473 e. The predicted octanol–water partition coefficient (Wildman–Crippen LogP) is 4.52. The van der Waals surface area contributed by atoms with E-state index in [1.807, 2.05) is 0 Å². The highest BCUT2D eigenvalue weighted by Crippen LogP contribution is 2.55. The molecule has 8 rings (SSSR count). The molecule has 4 aromatic heterocycles. The van der Waals surface area contributed by atoms with Gasteiger partial charge < -0.3 is 24.6 Å². The maximum atomic E-state index is 12.8. The van der Waals surface area contributed by atoms with Crippen LogP contribution in [0.15, 0.2) is 22.9 Å². The van der Waals surface area contributed by atoms with Crippen LogP contribution in [0.5, 0.6) is 5.88 Å². The van der Waals surface area contributed by atoms with Gasteiger partial charge in [-0.25, -0.2) is 14.5 Å². The van der Waals surface area contributed by atoms with Crippen molar-refractivity contribution in [2.75, 3.05) is 44.9 Å². The number of amides is 2. The van der Waals surface area contributed by atoms with Crippen LogP contribution in [0.2, 0.25) is 0 Å². The lowest BCUT2D eigenvalue weighted by atomic mass is 9.63. The van der Waals surface area contributed by atoms with Crippen LogP contribution in [0.4, 0.5) is 15.6 Å². The normalized spacial score (nSPS) is 22.6. The van der Waals surface area contributed by atoms with E-state index in [0.29, 0.717) is 52.8 Å². The van der Waals surface area contributed by atoms with Crippen LogP contribution in [-0.4, -0.2) is 92.8 Å². The number of hydrogen-bond donors (Lipinski definition) is 2. The van der Waals surface area contributed by atoms with Crippen molar-refractivity contribution in [3.05, 3.63) is 45.7 Å². The number of hydrogen-bond acceptors (Lipinski definition) is 12. The number of anilines is 2. The second-order valence-electron chi connectivity index (χ2n) is 13.7. The van der Waals surface area contributed by atoms with Gasteiger partial charge in [-0.2, -0.15) is 10.2 Å². The van der Waals surface area contributed by atoms with Gasteiger partial charge in [0.15, 0.2) is 28.9 Å². The van der Waals surface area contributed by atoms with E-state index in [-0.39, 0.29) is 24.2 Å². The number of likely N-dealkylation sites (N-methyl/N-ethyl adjacent to an activating group) is 2. The molecule has 6 heterocycles. The van der Waals surface area contributed by atoms with E-state index in [9.17, 15) is 10.1 Å². The standard InChI is InChI=1S/C34H40N10O4S/c1-19(23-8-6-13-42(23)2)47-27-15-26(44-14-10-25(40-44)37-33(45)43(3)20-17-46-18-20)38-32(39-27)29-21-7-4-11-34(30(21)48-41-29)12-5-9-24-28(34)22(16-35)31(36)49-24/h10,14-15,19-20,23H,4-9,11-13,17-18,36H2,1-3H3,(H,37,40,45)/t19-,23-,34?/m0/s1. The number of likely N-dealkylation sites (tertiary alicyclic amines) is 1. The van der Waals surface area contributed by atoms with Gasteiger partial charge in [0.2, 0.25) is 5.88 Å². The fourth-order valence-corrected chi connectivity index (χ4v) is 9.20. The second-order valence-corrected chi connectivity index (χ2v) is 14.8. The summed E-state index contributed by atoms with van der Waals surface area (Å²) in [6, 6.07) is 5.92. The van der Waals surface area contributed by atoms with Gasteiger partial charge in [0.1, 0.15) is 17.2 Å². The molecule has 49 heavy (non-hydrogen) atoms. The highest BCUT2D eigenvalue weighted by molar-refractivity contribution is 7.16. The van der Waals surface area contributed by atoms with Crippen molar-refractivity contribution in [2.24, 2.45) is 0 Å². The number of ether oxygens (including phenoxy) is 2. The number of rotatable bonds is 7. The zero-order chi connectivity index (χ0) is 33.9. The van der Waals surface area contributed by atoms with Crippen LogP contribution < -0.4 is 15.8 Å². The third kappa shape index (κ3) is 5.42. The number of nitrogen functional groups attached to an aromatic ring is 1. The first-order valence-electron chi connectivity index (χ1n) is 17.0. The van der Waals surface area contributed by atoms with Gasteiger partial charge in [-0.3, -0.25) is 10.2 Å². The van der Waals surface area contributed by atoms with Crippen LogP contribution in [0, 0.1) is 11.3 Å². The Morgan fingerprint density at radius 1 is 1.27 bits per heavy atom. The third-order valence-electron chi connectivity index (χ3n) is 10.7. The molecule has 0 radical (unpaired) electrons. The quantitative estimate of drug-likeness (QED) is 0.280. The zero-order valence-electron chi connectivity index (χ0n) is 27.9. The van der Waals surface area contributed by atoms with Crippen molar-refractivity contribution in [1.29, 1.82) is 5.26 Å². The van der Waals surface area contributed by atoms with Crippen LogP contribution in [-0.2, 0) is 23.0 Å². The molecule has 1 unspecified atom stereocenters. The van der Waals surface area contributed by atoms with Gasteiger partial charge in [-0.1, -0.05) is 5.16 Å². The topological polar surface area (TPSA) is 173 Å². The van der Waals surface area contributed by atoms with Gasteiger partial charge >= 0.3 is 6.03 Å². The molecule has 2 aliphatic heterocycles. The maximum absolute atomic E-state index is 12.8. The third-order valence-corrected chi connectivity index (χ3v) is 11.8. The summed E-state index contributed by atoms with van der Waals surface area (Å²) < 4.78 is 19.6. The monoisotopic (exact) mass is 684 g/mol. The number of nitrogens with zero attached hydrogens (tertiary/aromatic N) is 8. The molecular weight excluding hydrogens is 645 g/mol. The van der Waals surface area contributed by atoms with Crippen molar-refractivity contribution in [2.45, 2.75) is 81.9 Å². The van der Waals surface area contributed by atoms with E-state index < -0.39 is 5.41 Å². The Kier molecular flexibility index (Phi) is 8.04. The van der Waals surface area contributed by atoms with E-state index >= 15 is 0 Å². The molecule has 2 amide bonds. The van der Waals surface area contributed by atoms with E-state index in [0.717, 1.165) is 74.8 Å². The zero-order valence-corrected chi connectivity index (χ0v) is 28.8. The van der Waals surface area contributed by atoms with Crippen LogP contribution in [0.1, 0.15) is 72.8 Å². The minimum Gasteiger partial charge on any atom is -0.473 e. The molecule has 14 nitrogen and oxygen atoms in total. The summed E-state index contributed by atoms with van der Waals surface area (Å²) in [5.74, 6) is 2.41. The van der Waals surface area contributed by atoms with Gasteiger partial charge in [0.25, 0.3) is 0 Å². The molecule has 15 heteroatoms. The van der Waals surface area contributed by atoms with Gasteiger partial charge in [0, 0.05) is 41.9 Å². The highest BCUT2D eigenvalue weighted by atomic mass is 32.1. The summed E-state index contributed by atoms with van der Waals surface area (Å²) >= 11 is 1.52. The molecule has 0 aromatic carbocycles. The van der Waals surface area contributed by atoms with Crippen LogP contribution >= 0.6 is 11.3 Å². The molecule has 2 aliphatic carbocycles. The molecule has 0 saturated carbocycles. The Hall–Kier alpha value is -4.52. The lowest BCUT2D eigenvalue weighted by molar-refractivity contribution is -0.0401. The molecule has 3 N–H and O–H groups in total. The Morgan fingerprint density at radius 3 is 2.82 bits per heavy atom. The number of nitriles is 1. The lowest BCUT2D eigenvalue weighted by Crippen LogP contribution is -2.51. The summed E-state index contributed by atoms with van der Waals surface area (Å²) in [5, 5.41) is 22.8. The van der Waals surface area contributed by atoms with Crippen LogP contribution in [0.25, 0.3) is 17.3 Å². The van der Waals surface area contributed by atoms with Gasteiger partial charge in [-0.15, -0.1) is 16.4 Å². The van der Waals surface area contributed by atoms with Crippen LogP contribution in [0.3, 0.4) is 0 Å². The SMILES string of the molecule is C[C@H](Oc1cc(-n2ccc(NC(=O)N(C)C3COC3)n2)nc(-c2noc3c2CCCC32CCCc3sc(N)c(C#N)c32)n1)[C@@H]1CCCN1C. The number of fused-ring (bicyclic) bond motifs is 4. The molecule has 256 valence electrons. The Bertz CT molecular complexity index is 1940. The number of carbonyl (C=O) groups is 1. The summed E-state index contributed by atoms with van der Waals surface area (Å²) in [7, 11) is 3.87. The lowest BCUT2D eigenvalue weighted by Gasteiger charge is -2.39. The first kappa shape index (κ1) is 31.7. The van der Waals surface area contributed by atoms with Crippen molar-refractivity contribution in [3.63, 3.8) is 0 Å². The molecule has 2 saturated heterocycles. The summed E-state index contributed by atoms with van der Waals surface area (Å²) in [6.07, 6.45) is 9.05. The average Bonchev–Trinajstić information content (AvgIpc) is 3.86. The summed E-state index contributed by atoms with van der Waals surface area (Å²) in [4.78, 5) is 27.8. The number of nitrogens with one attached hydrogen (secondary N) is 1. The maximum Gasteiger partial charge on any atom is 0.323 e. The smallest absolute Gasteiger partial charge is 0.323 e. The number of aromatic nitrogens is 5. The number of thiophene rings is 1. The minimum atomic E-state index is -0.460. The Morgan fingerprint density at radius 2 is 2.08 bits per heavy atom. The Balaban J connectivity index is 1.17. The minimum absolute atomic E-state index is 0.0448. The predicted molar refractivity (Wildman–Crippen MR) is 182 cm³/mol. The van der Waals surface area contributed by atoms with E-state index in [2.05, 4.69) is 40.5 Å². The molecule has 0 bridgehead atoms. The molecule has 1 spiro atoms. The molecule has 2 fully saturated rings. The average molecular weight is 685 g/mol. The number of urea groups is 1. The molecule has 4 aliphatic rings. The molecule has 4 aromatic rings. The second kappa shape index (κ2) is 12.4. The number of carbonyl (C=O) groups excluding carboxylic acids is 1. The summed E-state index contributed by atoms with van der Waals surface area (Å²) in [6.45, 7) is 4.14. The Labute approximate surface area is 288 Å². The molecule has 3 atom stereocenters. The van der Waals surface area contributed by atoms with Gasteiger partial charge in [0.05, 0.1) is 30.2 Å². The first-order chi connectivity index (χ1) is 23.8. The van der Waals surface area contributed by atoms with Crippen molar-refractivity contribution in [3.8, 4) is 29.3 Å². The van der Waals surface area contributed by atoms with E-state index in [1.54, 1.807) is 35.0 Å². The van der Waals surface area contributed by atoms with Crippen molar-refractivity contribution in [1.82, 2.24) is 34.7 Å². The highest BCUT2D eigenvalue weighted by Gasteiger charge is 2.49. The van der Waals surface area contributed by atoms with Gasteiger partial charge in [-0.05, 0) is 77.4 Å². The first-order valence-corrected chi connectivity index (χ1v) is 17.8. The summed E-state index contributed by atoms with van der Waals surface area (Å²) in [5.41, 5.74) is 9.00. The number of nitrogens with two attached hydrogens (primary N) is 1. The fraction of sp³-hybridized carbons (Fsp3) is 0.529. The van der Waals surface area contributed by atoms with Crippen molar-refractivity contribution < 1.29 is 18.8 Å². The van der Waals surface area contributed by atoms with Crippen molar-refractivity contribution >= 4 is 28.2 Å².